The fourth-order valence-electron chi connectivity index (χ4n) is 2.46. The van der Waals surface area contributed by atoms with E-state index >= 15 is 0 Å². The molecule has 0 radical (unpaired) electrons. The van der Waals surface area contributed by atoms with Crippen LogP contribution in [-0.2, 0) is 10.4 Å². The van der Waals surface area contributed by atoms with E-state index in [1.54, 1.807) is 50.3 Å². The molecule has 0 aliphatic heterocycles. The van der Waals surface area contributed by atoms with E-state index in [1.165, 1.54) is 6.08 Å². The van der Waals surface area contributed by atoms with Gasteiger partial charge in [0.15, 0.2) is 0 Å². The first-order valence-electron chi connectivity index (χ1n) is 7.58. The molecule has 0 saturated carbocycles. The van der Waals surface area contributed by atoms with E-state index in [1.807, 2.05) is 13.0 Å². The third-order valence-electron chi connectivity index (χ3n) is 3.67. The molecule has 24 heavy (non-hydrogen) atoms. The Balaban J connectivity index is 1.98. The van der Waals surface area contributed by atoms with Crippen molar-refractivity contribution in [3.63, 3.8) is 0 Å². The van der Waals surface area contributed by atoms with Gasteiger partial charge in [0.2, 0.25) is 5.91 Å². The van der Waals surface area contributed by atoms with Crippen molar-refractivity contribution in [1.82, 2.24) is 5.32 Å². The molecule has 1 unspecified atom stereocenters. The second-order valence-corrected chi connectivity index (χ2v) is 5.89. The van der Waals surface area contributed by atoms with Crippen LogP contribution in [0.5, 0.6) is 0 Å². The Bertz CT molecular complexity index is 810. The van der Waals surface area contributed by atoms with Gasteiger partial charge in [-0.15, -0.1) is 0 Å². The maximum atomic E-state index is 11.9. The Morgan fingerprint density at radius 3 is 2.79 bits per heavy atom. The number of hydrogen-bond acceptors (Lipinski definition) is 4. The molecule has 1 atom stereocenters. The van der Waals surface area contributed by atoms with E-state index in [2.05, 4.69) is 5.32 Å². The summed E-state index contributed by atoms with van der Waals surface area (Å²) in [6, 6.07) is 10.8. The summed E-state index contributed by atoms with van der Waals surface area (Å²) in [5.74, 6) is 1.03. The molecule has 0 fully saturated rings. The van der Waals surface area contributed by atoms with Gasteiger partial charge in [-0.1, -0.05) is 12.1 Å². The van der Waals surface area contributed by atoms with Gasteiger partial charge in [0, 0.05) is 11.6 Å². The van der Waals surface area contributed by atoms with Crippen LogP contribution in [0.3, 0.4) is 0 Å². The molecule has 0 spiro atoms. The van der Waals surface area contributed by atoms with Crippen LogP contribution in [0.1, 0.15) is 35.1 Å². The first kappa shape index (κ1) is 17.5. The summed E-state index contributed by atoms with van der Waals surface area (Å²) in [7, 11) is 0. The molecule has 2 rings (SSSR count). The van der Waals surface area contributed by atoms with Gasteiger partial charge in [-0.3, -0.25) is 4.79 Å². The number of carbonyl (C=O) groups excluding carboxylic acids is 1. The Hall–Kier alpha value is -2.84. The van der Waals surface area contributed by atoms with Crippen molar-refractivity contribution in [2.75, 3.05) is 6.54 Å². The smallest absolute Gasteiger partial charge is 0.244 e. The van der Waals surface area contributed by atoms with Crippen molar-refractivity contribution in [2.24, 2.45) is 0 Å². The fourth-order valence-corrected chi connectivity index (χ4v) is 2.46. The standard InChI is InChI=1S/C19H20N2O3/c1-13-9-17(14(2)24-13)19(3,23)12-21-18(22)8-7-15-5-4-6-16(10-15)11-20/h4-10,23H,12H2,1-3H3,(H,21,22). The van der Waals surface area contributed by atoms with Crippen LogP contribution in [0.15, 0.2) is 40.8 Å². The largest absolute Gasteiger partial charge is 0.466 e. The van der Waals surface area contributed by atoms with Gasteiger partial charge in [0.05, 0.1) is 18.2 Å². The zero-order chi connectivity index (χ0) is 17.7. The van der Waals surface area contributed by atoms with Gasteiger partial charge in [-0.2, -0.15) is 5.26 Å². The van der Waals surface area contributed by atoms with Gasteiger partial charge < -0.3 is 14.8 Å². The molecule has 5 nitrogen and oxygen atoms in total. The number of aryl methyl sites for hydroxylation is 2. The van der Waals surface area contributed by atoms with Gasteiger partial charge in [-0.05, 0) is 50.6 Å². The Morgan fingerprint density at radius 2 is 2.17 bits per heavy atom. The Morgan fingerprint density at radius 1 is 1.42 bits per heavy atom. The van der Waals surface area contributed by atoms with E-state index < -0.39 is 5.60 Å². The summed E-state index contributed by atoms with van der Waals surface area (Å²) >= 11 is 0. The zero-order valence-corrected chi connectivity index (χ0v) is 14.0. The van der Waals surface area contributed by atoms with E-state index in [0.717, 1.165) is 5.56 Å². The summed E-state index contributed by atoms with van der Waals surface area (Å²) in [5.41, 5.74) is 0.737. The average molecular weight is 324 g/mol. The van der Waals surface area contributed by atoms with Crippen LogP contribution in [-0.4, -0.2) is 17.6 Å². The molecular formula is C19H20N2O3. The fraction of sp³-hybridized carbons (Fsp3) is 0.263. The second kappa shape index (κ2) is 7.16. The molecule has 0 aliphatic carbocycles. The summed E-state index contributed by atoms with van der Waals surface area (Å²) in [5, 5.41) is 22.1. The molecule has 2 aromatic rings. The second-order valence-electron chi connectivity index (χ2n) is 5.89. The van der Waals surface area contributed by atoms with E-state index in [9.17, 15) is 9.90 Å². The number of nitrogens with one attached hydrogen (secondary N) is 1. The lowest BCUT2D eigenvalue weighted by atomic mass is 9.96. The lowest BCUT2D eigenvalue weighted by Crippen LogP contribution is -2.38. The van der Waals surface area contributed by atoms with Crippen molar-refractivity contribution in [1.29, 1.82) is 5.26 Å². The van der Waals surface area contributed by atoms with Crippen LogP contribution in [0.2, 0.25) is 0 Å². The van der Waals surface area contributed by atoms with Crippen LogP contribution >= 0.6 is 0 Å². The zero-order valence-electron chi connectivity index (χ0n) is 14.0. The lowest BCUT2D eigenvalue weighted by molar-refractivity contribution is -0.117. The van der Waals surface area contributed by atoms with Crippen molar-refractivity contribution in [3.05, 3.63) is 64.6 Å². The highest BCUT2D eigenvalue weighted by atomic mass is 16.3. The highest BCUT2D eigenvalue weighted by Gasteiger charge is 2.27. The number of nitriles is 1. The van der Waals surface area contributed by atoms with E-state index in [0.29, 0.717) is 22.6 Å². The minimum Gasteiger partial charge on any atom is -0.466 e. The van der Waals surface area contributed by atoms with Crippen molar-refractivity contribution in [2.45, 2.75) is 26.4 Å². The predicted octanol–water partition coefficient (Wildman–Crippen LogP) is 2.81. The van der Waals surface area contributed by atoms with Crippen molar-refractivity contribution < 1.29 is 14.3 Å². The number of rotatable bonds is 5. The molecular weight excluding hydrogens is 304 g/mol. The maximum absolute atomic E-state index is 11.9. The molecule has 1 aromatic heterocycles. The number of aliphatic hydroxyl groups is 1. The average Bonchev–Trinajstić information content (AvgIpc) is 2.90. The number of hydrogen-bond donors (Lipinski definition) is 2. The normalized spacial score (nSPS) is 13.5. The Labute approximate surface area is 141 Å². The summed E-state index contributed by atoms with van der Waals surface area (Å²) in [6.07, 6.45) is 3.00. The van der Waals surface area contributed by atoms with Crippen molar-refractivity contribution in [3.8, 4) is 6.07 Å². The minimum atomic E-state index is -1.22. The number of nitrogens with zero attached hydrogens (tertiary/aromatic N) is 1. The Kier molecular flexibility index (Phi) is 5.22. The quantitative estimate of drug-likeness (QED) is 0.828. The summed E-state index contributed by atoms with van der Waals surface area (Å²) < 4.78 is 5.42. The number of benzene rings is 1. The number of carbonyl (C=O) groups is 1. The predicted molar refractivity (Wildman–Crippen MR) is 91.0 cm³/mol. The van der Waals surface area contributed by atoms with Crippen LogP contribution in [0.25, 0.3) is 6.08 Å². The molecule has 124 valence electrons. The van der Waals surface area contributed by atoms with Gasteiger partial charge in [-0.25, -0.2) is 0 Å². The van der Waals surface area contributed by atoms with Crippen LogP contribution in [0.4, 0.5) is 0 Å². The molecule has 0 saturated heterocycles. The third kappa shape index (κ3) is 4.34. The molecule has 1 amide bonds. The summed E-state index contributed by atoms with van der Waals surface area (Å²) in [4.78, 5) is 11.9. The van der Waals surface area contributed by atoms with Gasteiger partial charge >= 0.3 is 0 Å². The monoisotopic (exact) mass is 324 g/mol. The maximum Gasteiger partial charge on any atom is 0.244 e. The number of amides is 1. The van der Waals surface area contributed by atoms with Crippen LogP contribution < -0.4 is 5.32 Å². The molecule has 0 bridgehead atoms. The van der Waals surface area contributed by atoms with Crippen LogP contribution in [0, 0.1) is 25.2 Å². The summed E-state index contributed by atoms with van der Waals surface area (Å²) in [6.45, 7) is 5.28. The topological polar surface area (TPSA) is 86.3 Å². The molecule has 1 aromatic carbocycles. The lowest BCUT2D eigenvalue weighted by Gasteiger charge is -2.22. The highest BCUT2D eigenvalue weighted by Crippen LogP contribution is 2.26. The molecule has 5 heteroatoms. The van der Waals surface area contributed by atoms with Crippen molar-refractivity contribution >= 4 is 12.0 Å². The van der Waals surface area contributed by atoms with Gasteiger partial charge in [0.25, 0.3) is 0 Å². The molecule has 2 N–H and O–H groups in total. The minimum absolute atomic E-state index is 0.0637. The first-order valence-corrected chi connectivity index (χ1v) is 7.58. The molecule has 0 aliphatic rings. The van der Waals surface area contributed by atoms with E-state index in [-0.39, 0.29) is 12.5 Å². The van der Waals surface area contributed by atoms with E-state index in [4.69, 9.17) is 9.68 Å². The third-order valence-corrected chi connectivity index (χ3v) is 3.67. The van der Waals surface area contributed by atoms with Gasteiger partial charge in [0.1, 0.15) is 17.1 Å². The highest BCUT2D eigenvalue weighted by molar-refractivity contribution is 5.91. The molecule has 1 heterocycles. The number of furan rings is 1. The SMILES string of the molecule is Cc1cc(C(C)(O)CNC(=O)C=Cc2cccc(C#N)c2)c(C)o1. The first-order chi connectivity index (χ1) is 11.3.